The van der Waals surface area contributed by atoms with E-state index in [9.17, 15) is 4.79 Å². The van der Waals surface area contributed by atoms with Crippen LogP contribution in [-0.2, 0) is 0 Å². The Balaban J connectivity index is 0.000000720. The van der Waals surface area contributed by atoms with E-state index in [0.717, 1.165) is 13.1 Å². The van der Waals surface area contributed by atoms with Crippen molar-refractivity contribution in [1.82, 2.24) is 10.2 Å². The van der Waals surface area contributed by atoms with Crippen molar-refractivity contribution >= 4 is 30.9 Å². The van der Waals surface area contributed by atoms with E-state index in [1.165, 1.54) is 16.0 Å². The van der Waals surface area contributed by atoms with Crippen LogP contribution in [0.15, 0.2) is 11.1 Å². The van der Waals surface area contributed by atoms with Gasteiger partial charge in [-0.1, -0.05) is 0 Å². The normalized spacial score (nSPS) is 19.2. The maximum Gasteiger partial charge on any atom is 0.407 e. The molecule has 76 valence electrons. The van der Waals surface area contributed by atoms with Gasteiger partial charge in [0, 0.05) is 26.2 Å². The zero-order valence-electron chi connectivity index (χ0n) is 6.95. The van der Waals surface area contributed by atoms with Gasteiger partial charge in [-0.25, -0.2) is 4.79 Å². The second kappa shape index (κ2) is 4.69. The summed E-state index contributed by atoms with van der Waals surface area (Å²) in [6.45, 7) is 2.97. The second-order valence-electron chi connectivity index (χ2n) is 2.95. The highest BCUT2D eigenvalue weighted by molar-refractivity contribution is 5.85. The van der Waals surface area contributed by atoms with E-state index >= 15 is 0 Å². The lowest BCUT2D eigenvalue weighted by molar-refractivity contribution is 0.156. The summed E-state index contributed by atoms with van der Waals surface area (Å²) < 4.78 is 0. The number of nitrogens with zero attached hydrogens (tertiary/aromatic N) is 1. The van der Waals surface area contributed by atoms with Crippen LogP contribution in [0.1, 0.15) is 0 Å². The first-order valence-corrected chi connectivity index (χ1v) is 3.66. The molecule has 0 aromatic rings. The Bertz CT molecular complexity index is 227. The molecule has 0 spiro atoms. The summed E-state index contributed by atoms with van der Waals surface area (Å²) in [7, 11) is 0. The molecule has 0 aromatic heterocycles. The molecule has 0 atom stereocenters. The average Bonchev–Trinajstić information content (AvgIpc) is 2.40. The van der Waals surface area contributed by atoms with Crippen LogP contribution in [0.3, 0.4) is 0 Å². The van der Waals surface area contributed by atoms with E-state index in [4.69, 9.17) is 5.11 Å². The van der Waals surface area contributed by atoms with Crippen LogP contribution in [0.4, 0.5) is 4.79 Å². The molecule has 0 fully saturated rings. The quantitative estimate of drug-likeness (QED) is 0.599. The summed E-state index contributed by atoms with van der Waals surface area (Å²) in [5, 5.41) is 11.8. The third-order valence-electron chi connectivity index (χ3n) is 2.21. The molecule has 4 nitrogen and oxygen atoms in total. The van der Waals surface area contributed by atoms with Crippen molar-refractivity contribution in [3.05, 3.63) is 11.1 Å². The fraction of sp³-hybridized carbons (Fsp3) is 0.571. The Labute approximate surface area is 88.8 Å². The monoisotopic (exact) mass is 226 g/mol. The Kier molecular flexibility index (Phi) is 4.53. The fourth-order valence-electron chi connectivity index (χ4n) is 1.60. The van der Waals surface area contributed by atoms with Gasteiger partial charge in [-0.3, -0.25) is 0 Å². The summed E-state index contributed by atoms with van der Waals surface area (Å²) in [6.07, 6.45) is -0.806. The average molecular weight is 227 g/mol. The van der Waals surface area contributed by atoms with Crippen molar-refractivity contribution in [2.24, 2.45) is 0 Å². The summed E-state index contributed by atoms with van der Waals surface area (Å²) >= 11 is 0. The van der Waals surface area contributed by atoms with Gasteiger partial charge in [0.15, 0.2) is 0 Å². The van der Waals surface area contributed by atoms with Crippen LogP contribution in [0.2, 0.25) is 0 Å². The first-order valence-electron chi connectivity index (χ1n) is 3.66. The minimum atomic E-state index is -0.806. The Morgan fingerprint density at radius 1 is 1.23 bits per heavy atom. The number of hydrogen-bond acceptors (Lipinski definition) is 2. The molecular formula is C7H12Cl2N2O2. The highest BCUT2D eigenvalue weighted by Crippen LogP contribution is 2.19. The maximum absolute atomic E-state index is 10.5. The molecule has 0 saturated heterocycles. The molecule has 0 radical (unpaired) electrons. The van der Waals surface area contributed by atoms with E-state index in [1.807, 2.05) is 0 Å². The number of amides is 1. The van der Waals surface area contributed by atoms with E-state index < -0.39 is 6.09 Å². The number of rotatable bonds is 0. The molecule has 2 N–H and O–H groups in total. The van der Waals surface area contributed by atoms with Crippen molar-refractivity contribution in [1.29, 1.82) is 0 Å². The van der Waals surface area contributed by atoms with Gasteiger partial charge in [0.1, 0.15) is 0 Å². The molecule has 13 heavy (non-hydrogen) atoms. The fourth-order valence-corrected chi connectivity index (χ4v) is 1.60. The Morgan fingerprint density at radius 2 is 1.69 bits per heavy atom. The minimum absolute atomic E-state index is 0. The molecule has 2 heterocycles. The molecule has 0 unspecified atom stereocenters. The Morgan fingerprint density at radius 3 is 2.08 bits per heavy atom. The SMILES string of the molecule is Cl.Cl.O=C(O)N1CC2=C(CNC2)C1. The van der Waals surface area contributed by atoms with Gasteiger partial charge in [-0.15, -0.1) is 24.8 Å². The van der Waals surface area contributed by atoms with Gasteiger partial charge in [-0.2, -0.15) is 0 Å². The van der Waals surface area contributed by atoms with Crippen LogP contribution in [-0.4, -0.2) is 42.3 Å². The van der Waals surface area contributed by atoms with E-state index in [1.54, 1.807) is 0 Å². The second-order valence-corrected chi connectivity index (χ2v) is 2.95. The molecule has 1 amide bonds. The van der Waals surface area contributed by atoms with Gasteiger partial charge in [0.05, 0.1) is 0 Å². The molecule has 0 aliphatic carbocycles. The largest absolute Gasteiger partial charge is 0.465 e. The van der Waals surface area contributed by atoms with E-state index in [-0.39, 0.29) is 24.8 Å². The predicted molar refractivity (Wildman–Crippen MR) is 54.0 cm³/mol. The van der Waals surface area contributed by atoms with Gasteiger partial charge in [-0.05, 0) is 11.1 Å². The van der Waals surface area contributed by atoms with Gasteiger partial charge >= 0.3 is 6.09 Å². The number of hydrogen-bond donors (Lipinski definition) is 2. The van der Waals surface area contributed by atoms with Crippen LogP contribution < -0.4 is 5.32 Å². The first kappa shape index (κ1) is 12.6. The molecule has 6 heteroatoms. The first-order chi connectivity index (χ1) is 5.27. The summed E-state index contributed by atoms with van der Waals surface area (Å²) in [6, 6.07) is 0. The third-order valence-corrected chi connectivity index (χ3v) is 2.21. The molecular weight excluding hydrogens is 215 g/mol. The molecule has 0 aromatic carbocycles. The minimum Gasteiger partial charge on any atom is -0.465 e. The zero-order chi connectivity index (χ0) is 7.84. The molecule has 2 aliphatic heterocycles. The van der Waals surface area contributed by atoms with Gasteiger partial charge in [0.25, 0.3) is 0 Å². The number of nitrogens with one attached hydrogen (secondary N) is 1. The van der Waals surface area contributed by atoms with Crippen molar-refractivity contribution in [2.45, 2.75) is 0 Å². The van der Waals surface area contributed by atoms with Crippen molar-refractivity contribution in [2.75, 3.05) is 26.2 Å². The van der Waals surface area contributed by atoms with Crippen molar-refractivity contribution in [3.8, 4) is 0 Å². The highest BCUT2D eigenvalue weighted by Gasteiger charge is 2.27. The summed E-state index contributed by atoms with van der Waals surface area (Å²) in [5.41, 5.74) is 2.54. The highest BCUT2D eigenvalue weighted by atomic mass is 35.5. The lowest BCUT2D eigenvalue weighted by atomic mass is 10.2. The standard InChI is InChI=1S/C7H10N2O2.2ClH/c10-7(11)9-3-5-1-8-2-6(5)4-9;;/h8H,1-4H2,(H,10,11);2*1H. The third kappa shape index (κ3) is 2.27. The number of halogens is 2. The smallest absolute Gasteiger partial charge is 0.407 e. The topological polar surface area (TPSA) is 52.6 Å². The van der Waals surface area contributed by atoms with Gasteiger partial charge < -0.3 is 15.3 Å². The van der Waals surface area contributed by atoms with Crippen LogP contribution in [0.25, 0.3) is 0 Å². The van der Waals surface area contributed by atoms with Crippen LogP contribution in [0.5, 0.6) is 0 Å². The molecule has 0 saturated carbocycles. The van der Waals surface area contributed by atoms with E-state index in [2.05, 4.69) is 5.32 Å². The maximum atomic E-state index is 10.5. The van der Waals surface area contributed by atoms with Gasteiger partial charge in [0.2, 0.25) is 0 Å². The molecule has 0 bridgehead atoms. The van der Waals surface area contributed by atoms with Crippen molar-refractivity contribution < 1.29 is 9.90 Å². The van der Waals surface area contributed by atoms with Crippen LogP contribution in [0, 0.1) is 0 Å². The molecule has 2 rings (SSSR count). The van der Waals surface area contributed by atoms with E-state index in [0.29, 0.717) is 13.1 Å². The lowest BCUT2D eigenvalue weighted by Crippen LogP contribution is -2.31. The summed E-state index contributed by atoms with van der Waals surface area (Å²) in [4.78, 5) is 12.0. The lowest BCUT2D eigenvalue weighted by Gasteiger charge is -2.13. The molecule has 2 aliphatic rings. The number of carbonyl (C=O) groups is 1. The Hall–Kier alpha value is -0.450. The predicted octanol–water partition coefficient (Wildman–Crippen LogP) is 0.723. The zero-order valence-corrected chi connectivity index (χ0v) is 8.58. The van der Waals surface area contributed by atoms with Crippen molar-refractivity contribution in [3.63, 3.8) is 0 Å². The number of carboxylic acid groups (broad SMARTS) is 1. The summed E-state index contributed by atoms with van der Waals surface area (Å²) in [5.74, 6) is 0. The van der Waals surface area contributed by atoms with Crippen LogP contribution >= 0.6 is 24.8 Å².